The van der Waals surface area contributed by atoms with Gasteiger partial charge in [-0.1, -0.05) is 13.5 Å². The van der Waals surface area contributed by atoms with Crippen molar-refractivity contribution < 1.29 is 20.1 Å². The van der Waals surface area contributed by atoms with Gasteiger partial charge in [-0.05, 0) is 25.4 Å². The van der Waals surface area contributed by atoms with Crippen LogP contribution in [0.2, 0.25) is 0 Å². The Morgan fingerprint density at radius 3 is 2.60 bits per heavy atom. The first-order chi connectivity index (χ1) is 11.5. The molecule has 1 saturated heterocycles. The topological polar surface area (TPSA) is 112 Å². The third kappa shape index (κ3) is 4.54. The quantitative estimate of drug-likeness (QED) is 0.496. The first kappa shape index (κ1) is 20.2. The standard InChI is InChI=1S/C17H30N3O4P/c1-10(9-25(3,4)5)15-13(22)14(23)17(24-15)20-8-12(6-7-21)16(18)19-11(20)2/h8,10,13-15,17,21-23H,2-3,6-7,9H2,1,4-5H3,(H2,18,19)/t10?,13-,14+,15+,17+/m0/s1. The van der Waals surface area contributed by atoms with Gasteiger partial charge in [-0.15, -0.1) is 13.2 Å². The van der Waals surface area contributed by atoms with Crippen LogP contribution in [0.15, 0.2) is 29.2 Å². The Morgan fingerprint density at radius 2 is 2.04 bits per heavy atom. The molecule has 142 valence electrons. The Labute approximate surface area is 149 Å². The molecular formula is C17H30N3O4P. The minimum Gasteiger partial charge on any atom is -0.396 e. The molecule has 2 aliphatic heterocycles. The predicted octanol–water partition coefficient (Wildman–Crippen LogP) is 0.189. The van der Waals surface area contributed by atoms with Gasteiger partial charge in [-0.25, -0.2) is 4.99 Å². The number of amidine groups is 1. The molecule has 1 unspecified atom stereocenters. The highest BCUT2D eigenvalue weighted by Gasteiger charge is 2.48. The molecule has 8 heteroatoms. The Hall–Kier alpha value is -1.11. The summed E-state index contributed by atoms with van der Waals surface area (Å²) in [5.41, 5.74) is 6.49. The highest BCUT2D eigenvalue weighted by molar-refractivity contribution is 7.72. The molecule has 2 rings (SSSR count). The normalized spacial score (nSPS) is 31.8. The van der Waals surface area contributed by atoms with E-state index in [1.165, 1.54) is 0 Å². The number of rotatable bonds is 6. The van der Waals surface area contributed by atoms with Crippen LogP contribution in [0.5, 0.6) is 0 Å². The van der Waals surface area contributed by atoms with Crippen molar-refractivity contribution in [2.75, 3.05) is 26.1 Å². The van der Waals surface area contributed by atoms with Crippen molar-refractivity contribution in [2.24, 2.45) is 16.6 Å². The van der Waals surface area contributed by atoms with Crippen LogP contribution >= 0.6 is 6.89 Å². The van der Waals surface area contributed by atoms with Crippen LogP contribution in [-0.4, -0.2) is 83.0 Å². The van der Waals surface area contributed by atoms with Crippen LogP contribution in [0.25, 0.3) is 0 Å². The molecule has 0 aliphatic carbocycles. The lowest BCUT2D eigenvalue weighted by atomic mass is 10.00. The number of ether oxygens (including phenoxy) is 1. The van der Waals surface area contributed by atoms with Crippen molar-refractivity contribution in [3.8, 4) is 0 Å². The second-order valence-corrected chi connectivity index (χ2v) is 11.8. The summed E-state index contributed by atoms with van der Waals surface area (Å²) in [6.07, 6.45) is 3.68. The summed E-state index contributed by atoms with van der Waals surface area (Å²) >= 11 is 0. The number of aliphatic imine (C=N–C) groups is 1. The third-order valence-electron chi connectivity index (χ3n) is 4.45. The zero-order valence-corrected chi connectivity index (χ0v) is 16.1. The molecule has 5 N–H and O–H groups in total. The van der Waals surface area contributed by atoms with Gasteiger partial charge in [0.05, 0.1) is 6.10 Å². The summed E-state index contributed by atoms with van der Waals surface area (Å²) in [5, 5.41) is 30.1. The molecule has 0 saturated carbocycles. The summed E-state index contributed by atoms with van der Waals surface area (Å²) in [7, 11) is 0. The van der Waals surface area contributed by atoms with Gasteiger partial charge >= 0.3 is 0 Å². The highest BCUT2D eigenvalue weighted by Crippen LogP contribution is 2.41. The molecule has 5 atom stereocenters. The van der Waals surface area contributed by atoms with E-state index in [4.69, 9.17) is 15.6 Å². The van der Waals surface area contributed by atoms with Gasteiger partial charge in [0.15, 0.2) is 6.23 Å². The predicted molar refractivity (Wildman–Crippen MR) is 103 cm³/mol. The van der Waals surface area contributed by atoms with Crippen molar-refractivity contribution in [3.63, 3.8) is 0 Å². The molecule has 2 heterocycles. The molecule has 0 aromatic carbocycles. The van der Waals surface area contributed by atoms with E-state index in [9.17, 15) is 10.2 Å². The van der Waals surface area contributed by atoms with E-state index in [2.05, 4.69) is 31.2 Å². The lowest BCUT2D eigenvalue weighted by molar-refractivity contribution is -0.0683. The van der Waals surface area contributed by atoms with Crippen molar-refractivity contribution in [1.82, 2.24) is 4.90 Å². The number of aliphatic hydroxyl groups is 3. The zero-order valence-electron chi connectivity index (χ0n) is 15.2. The van der Waals surface area contributed by atoms with Gasteiger partial charge in [-0.3, -0.25) is 0 Å². The second-order valence-electron chi connectivity index (χ2n) is 7.52. The smallest absolute Gasteiger partial charge is 0.164 e. The number of aliphatic hydroxyl groups excluding tert-OH is 3. The summed E-state index contributed by atoms with van der Waals surface area (Å²) in [6.45, 7) is 8.75. The summed E-state index contributed by atoms with van der Waals surface area (Å²) in [5.74, 6) is 0.675. The maximum Gasteiger partial charge on any atom is 0.164 e. The number of hydrogen-bond acceptors (Lipinski definition) is 7. The first-order valence-corrected chi connectivity index (χ1v) is 11.4. The lowest BCUT2D eigenvalue weighted by Crippen LogP contribution is -2.42. The molecule has 7 nitrogen and oxygen atoms in total. The summed E-state index contributed by atoms with van der Waals surface area (Å²) in [4.78, 5) is 5.74. The fraction of sp³-hybridized carbons (Fsp3) is 0.647. The SMILES string of the molecule is C=C1N=C(N)C(CCO)=CN1[C@@H]1O[C@H](C(C)CP(=C)(C)C)[C@@H](O)[C@H]1O. The zero-order chi connectivity index (χ0) is 18.9. The number of nitrogens with zero attached hydrogens (tertiary/aromatic N) is 2. The molecule has 0 amide bonds. The van der Waals surface area contributed by atoms with E-state index in [-0.39, 0.29) is 18.4 Å². The van der Waals surface area contributed by atoms with E-state index in [0.29, 0.717) is 17.8 Å². The van der Waals surface area contributed by atoms with Crippen LogP contribution < -0.4 is 5.73 Å². The Bertz CT molecular complexity index is 627. The van der Waals surface area contributed by atoms with E-state index in [1.54, 1.807) is 11.1 Å². The van der Waals surface area contributed by atoms with Crippen LogP contribution in [0, 0.1) is 5.92 Å². The highest BCUT2D eigenvalue weighted by atomic mass is 31.2. The molecule has 2 aliphatic rings. The molecule has 0 spiro atoms. The van der Waals surface area contributed by atoms with Crippen molar-refractivity contribution >= 4 is 19.0 Å². The molecular weight excluding hydrogens is 341 g/mol. The van der Waals surface area contributed by atoms with E-state index in [0.717, 1.165) is 6.16 Å². The molecule has 1 fully saturated rings. The Morgan fingerprint density at radius 1 is 1.40 bits per heavy atom. The lowest BCUT2D eigenvalue weighted by Gasteiger charge is -2.32. The largest absolute Gasteiger partial charge is 0.396 e. The maximum absolute atomic E-state index is 10.5. The average Bonchev–Trinajstić information content (AvgIpc) is 2.77. The fourth-order valence-corrected chi connectivity index (χ4v) is 5.15. The molecule has 0 aromatic heterocycles. The van der Waals surface area contributed by atoms with Crippen molar-refractivity contribution in [3.05, 3.63) is 24.2 Å². The number of hydrogen-bond donors (Lipinski definition) is 4. The van der Waals surface area contributed by atoms with Gasteiger partial charge in [0.25, 0.3) is 0 Å². The monoisotopic (exact) mass is 371 g/mol. The Kier molecular flexibility index (Phi) is 6.17. The van der Waals surface area contributed by atoms with Gasteiger partial charge in [-0.2, -0.15) is 0 Å². The van der Waals surface area contributed by atoms with Gasteiger partial charge in [0.1, 0.15) is 23.9 Å². The summed E-state index contributed by atoms with van der Waals surface area (Å²) < 4.78 is 6.00. The third-order valence-corrected chi connectivity index (χ3v) is 6.01. The van der Waals surface area contributed by atoms with E-state index < -0.39 is 31.4 Å². The van der Waals surface area contributed by atoms with Crippen LogP contribution in [0.3, 0.4) is 0 Å². The van der Waals surface area contributed by atoms with E-state index >= 15 is 0 Å². The van der Waals surface area contributed by atoms with E-state index in [1.807, 2.05) is 6.92 Å². The number of nitrogens with two attached hydrogens (primary N) is 1. The molecule has 0 aromatic rings. The van der Waals surface area contributed by atoms with Crippen LogP contribution in [0.1, 0.15) is 13.3 Å². The molecule has 25 heavy (non-hydrogen) atoms. The average molecular weight is 371 g/mol. The fourth-order valence-electron chi connectivity index (χ4n) is 3.38. The van der Waals surface area contributed by atoms with Crippen molar-refractivity contribution in [2.45, 2.75) is 37.9 Å². The van der Waals surface area contributed by atoms with Crippen molar-refractivity contribution in [1.29, 1.82) is 0 Å². The molecule has 0 radical (unpaired) electrons. The summed E-state index contributed by atoms with van der Waals surface area (Å²) in [6, 6.07) is 0. The van der Waals surface area contributed by atoms with Gasteiger partial charge < -0.3 is 30.7 Å². The van der Waals surface area contributed by atoms with Gasteiger partial charge in [0, 0.05) is 24.8 Å². The Balaban J connectivity index is 2.20. The van der Waals surface area contributed by atoms with Crippen LogP contribution in [-0.2, 0) is 4.74 Å². The minimum absolute atomic E-state index is 0.0583. The molecule has 0 bridgehead atoms. The maximum atomic E-state index is 10.5. The second kappa shape index (κ2) is 7.64. The van der Waals surface area contributed by atoms with Gasteiger partial charge in [0.2, 0.25) is 0 Å². The first-order valence-electron chi connectivity index (χ1n) is 8.37. The minimum atomic E-state index is -1.29. The van der Waals surface area contributed by atoms with Crippen LogP contribution in [0.4, 0.5) is 0 Å².